The highest BCUT2D eigenvalue weighted by atomic mass is 32.2. The molecule has 3 aromatic rings. The van der Waals surface area contributed by atoms with Crippen molar-refractivity contribution in [2.24, 2.45) is 0 Å². The maximum absolute atomic E-state index is 13.2. The fourth-order valence-corrected chi connectivity index (χ4v) is 3.99. The Hall–Kier alpha value is -2.65. The molecular weight excluding hydrogens is 363 g/mol. The highest BCUT2D eigenvalue weighted by Crippen LogP contribution is 2.35. The topological polar surface area (TPSA) is 85.8 Å². The number of morpholine rings is 1. The summed E-state index contributed by atoms with van der Waals surface area (Å²) >= 11 is 0. The zero-order chi connectivity index (χ0) is 18.1. The number of furan rings is 1. The Labute approximate surface area is 148 Å². The Morgan fingerprint density at radius 3 is 2.46 bits per heavy atom. The largest absolute Gasteiger partial charge is 0.459 e. The van der Waals surface area contributed by atoms with Gasteiger partial charge in [-0.05, 0) is 36.4 Å². The van der Waals surface area contributed by atoms with Crippen LogP contribution in [0.15, 0.2) is 61.4 Å². The van der Waals surface area contributed by atoms with Crippen molar-refractivity contribution in [3.05, 3.63) is 48.5 Å². The third-order valence-corrected chi connectivity index (χ3v) is 5.66. The molecule has 0 aliphatic carbocycles. The smallest absolute Gasteiger partial charge is 0.266 e. The number of halogens is 1. The van der Waals surface area contributed by atoms with Crippen molar-refractivity contribution in [3.8, 4) is 11.7 Å². The van der Waals surface area contributed by atoms with Gasteiger partial charge in [-0.15, -0.1) is 0 Å². The molecule has 3 heterocycles. The second-order valence-electron chi connectivity index (χ2n) is 5.66. The minimum Gasteiger partial charge on any atom is -0.459 e. The van der Waals surface area contributed by atoms with Crippen LogP contribution in [0.3, 0.4) is 0 Å². The van der Waals surface area contributed by atoms with Crippen LogP contribution in [0.25, 0.3) is 11.7 Å². The summed E-state index contributed by atoms with van der Waals surface area (Å²) in [5.41, 5.74) is 0. The third-order valence-electron chi connectivity index (χ3n) is 3.99. The first-order valence-corrected chi connectivity index (χ1v) is 9.42. The van der Waals surface area contributed by atoms with Crippen molar-refractivity contribution in [2.45, 2.75) is 9.92 Å². The van der Waals surface area contributed by atoms with E-state index in [2.05, 4.69) is 4.98 Å². The Balaban J connectivity index is 1.84. The molecule has 4 rings (SSSR count). The van der Waals surface area contributed by atoms with E-state index in [1.807, 2.05) is 0 Å². The van der Waals surface area contributed by atoms with Gasteiger partial charge < -0.3 is 18.5 Å². The van der Waals surface area contributed by atoms with Crippen LogP contribution >= 0.6 is 0 Å². The highest BCUT2D eigenvalue weighted by Gasteiger charge is 2.32. The van der Waals surface area contributed by atoms with Gasteiger partial charge in [-0.1, -0.05) is 0 Å². The molecule has 1 fully saturated rings. The lowest BCUT2D eigenvalue weighted by molar-refractivity contribution is 0.120. The standard InChI is InChI=1S/C17H15FN2O5S/c18-12-3-5-13(6-4-12)26(21,22)16-17(20-7-10-23-11-8-20)25-15(19-16)14-2-1-9-24-14/h1-6,9H,7-8,10-11H2. The van der Waals surface area contributed by atoms with Gasteiger partial charge in [0.15, 0.2) is 5.76 Å². The maximum Gasteiger partial charge on any atom is 0.266 e. The summed E-state index contributed by atoms with van der Waals surface area (Å²) in [5.74, 6) is -0.00458. The zero-order valence-electron chi connectivity index (χ0n) is 13.6. The normalized spacial score (nSPS) is 15.3. The number of oxazole rings is 1. The molecule has 0 N–H and O–H groups in total. The summed E-state index contributed by atoms with van der Waals surface area (Å²) in [5, 5.41) is -0.225. The molecule has 0 atom stereocenters. The summed E-state index contributed by atoms with van der Waals surface area (Å²) in [7, 11) is -4.00. The number of benzene rings is 1. The molecular formula is C17H15FN2O5S. The maximum atomic E-state index is 13.2. The number of ether oxygens (including phenoxy) is 1. The minimum absolute atomic E-state index is 0.0623. The van der Waals surface area contributed by atoms with Crippen molar-refractivity contribution < 1.29 is 26.4 Å². The fourth-order valence-electron chi connectivity index (χ4n) is 2.67. The predicted molar refractivity (Wildman–Crippen MR) is 89.1 cm³/mol. The SMILES string of the molecule is O=S(=O)(c1ccc(F)cc1)c1nc(-c2ccco2)oc1N1CCOCC1. The lowest BCUT2D eigenvalue weighted by Crippen LogP contribution is -2.36. The van der Waals surface area contributed by atoms with Crippen LogP contribution in [-0.2, 0) is 14.6 Å². The molecule has 1 aromatic carbocycles. The van der Waals surface area contributed by atoms with Crippen LogP contribution in [0, 0.1) is 5.82 Å². The van der Waals surface area contributed by atoms with Gasteiger partial charge in [0.25, 0.3) is 5.89 Å². The second-order valence-corrected chi connectivity index (χ2v) is 7.53. The van der Waals surface area contributed by atoms with Gasteiger partial charge in [0.1, 0.15) is 5.82 Å². The molecule has 0 bridgehead atoms. The molecule has 26 heavy (non-hydrogen) atoms. The van der Waals surface area contributed by atoms with Crippen molar-refractivity contribution in [2.75, 3.05) is 31.2 Å². The third kappa shape index (κ3) is 2.99. The first-order chi connectivity index (χ1) is 12.6. The number of nitrogens with zero attached hydrogens (tertiary/aromatic N) is 2. The van der Waals surface area contributed by atoms with E-state index in [4.69, 9.17) is 13.6 Å². The summed E-state index contributed by atoms with van der Waals surface area (Å²) in [6.45, 7) is 1.84. The molecule has 0 amide bonds. The first kappa shape index (κ1) is 16.8. The molecule has 0 radical (unpaired) electrons. The summed E-state index contributed by atoms with van der Waals surface area (Å²) < 4.78 is 55.6. The van der Waals surface area contributed by atoms with Gasteiger partial charge in [-0.3, -0.25) is 0 Å². The van der Waals surface area contributed by atoms with Crippen molar-refractivity contribution >= 4 is 15.7 Å². The number of hydrogen-bond acceptors (Lipinski definition) is 7. The van der Waals surface area contributed by atoms with E-state index in [1.54, 1.807) is 17.0 Å². The molecule has 0 spiro atoms. The highest BCUT2D eigenvalue weighted by molar-refractivity contribution is 7.91. The Morgan fingerprint density at radius 2 is 1.81 bits per heavy atom. The van der Waals surface area contributed by atoms with E-state index in [1.165, 1.54) is 18.4 Å². The molecule has 0 unspecified atom stereocenters. The zero-order valence-corrected chi connectivity index (χ0v) is 14.4. The van der Waals surface area contributed by atoms with E-state index < -0.39 is 15.7 Å². The molecule has 9 heteroatoms. The number of hydrogen-bond donors (Lipinski definition) is 0. The van der Waals surface area contributed by atoms with Gasteiger partial charge in [-0.2, -0.15) is 4.98 Å². The monoisotopic (exact) mass is 378 g/mol. The molecule has 1 saturated heterocycles. The number of rotatable bonds is 4. The van der Waals surface area contributed by atoms with Crippen LogP contribution in [-0.4, -0.2) is 39.7 Å². The van der Waals surface area contributed by atoms with E-state index in [0.29, 0.717) is 32.1 Å². The van der Waals surface area contributed by atoms with Crippen LogP contribution in [0.5, 0.6) is 0 Å². The quantitative estimate of drug-likeness (QED) is 0.645. The second kappa shape index (κ2) is 6.58. The van der Waals surface area contributed by atoms with Gasteiger partial charge in [0.05, 0.1) is 24.4 Å². The Morgan fingerprint density at radius 1 is 1.08 bits per heavy atom. The molecule has 1 aliphatic rings. The van der Waals surface area contributed by atoms with E-state index in [0.717, 1.165) is 12.1 Å². The molecule has 2 aromatic heterocycles. The lowest BCUT2D eigenvalue weighted by Gasteiger charge is -2.26. The van der Waals surface area contributed by atoms with Gasteiger partial charge >= 0.3 is 0 Å². The van der Waals surface area contributed by atoms with E-state index in [-0.39, 0.29) is 21.7 Å². The average Bonchev–Trinajstić information content (AvgIpc) is 3.33. The van der Waals surface area contributed by atoms with Crippen LogP contribution in [0.2, 0.25) is 0 Å². The minimum atomic E-state index is -4.00. The number of anilines is 1. The molecule has 1 aliphatic heterocycles. The van der Waals surface area contributed by atoms with Crippen LogP contribution in [0.4, 0.5) is 10.3 Å². The number of sulfone groups is 1. The number of aromatic nitrogens is 1. The van der Waals surface area contributed by atoms with Crippen molar-refractivity contribution in [1.29, 1.82) is 0 Å². The van der Waals surface area contributed by atoms with Crippen LogP contribution < -0.4 is 4.90 Å². The molecule has 136 valence electrons. The lowest BCUT2D eigenvalue weighted by atomic mass is 10.4. The van der Waals surface area contributed by atoms with Gasteiger partial charge in [0.2, 0.25) is 20.7 Å². The first-order valence-electron chi connectivity index (χ1n) is 7.94. The predicted octanol–water partition coefficient (Wildman–Crippen LogP) is 2.74. The van der Waals surface area contributed by atoms with Crippen molar-refractivity contribution in [1.82, 2.24) is 4.98 Å². The summed E-state index contributed by atoms with van der Waals surface area (Å²) in [6.07, 6.45) is 1.45. The summed E-state index contributed by atoms with van der Waals surface area (Å²) in [4.78, 5) is 5.87. The van der Waals surface area contributed by atoms with Gasteiger partial charge in [0, 0.05) is 13.1 Å². The average molecular weight is 378 g/mol. The van der Waals surface area contributed by atoms with Crippen LogP contribution in [0.1, 0.15) is 0 Å². The fraction of sp³-hybridized carbons (Fsp3) is 0.235. The van der Waals surface area contributed by atoms with E-state index in [9.17, 15) is 12.8 Å². The van der Waals surface area contributed by atoms with Gasteiger partial charge in [-0.25, -0.2) is 12.8 Å². The van der Waals surface area contributed by atoms with E-state index >= 15 is 0 Å². The van der Waals surface area contributed by atoms with Crippen molar-refractivity contribution in [3.63, 3.8) is 0 Å². The Bertz CT molecular complexity index is 990. The summed E-state index contributed by atoms with van der Waals surface area (Å²) in [6, 6.07) is 7.87. The Kier molecular flexibility index (Phi) is 4.25. The molecule has 0 saturated carbocycles. The molecule has 7 nitrogen and oxygen atoms in total.